The maximum absolute atomic E-state index is 13.0. The Kier molecular flexibility index (Phi) is 4.66. The van der Waals surface area contributed by atoms with Gasteiger partial charge >= 0.3 is 0 Å². The van der Waals surface area contributed by atoms with Gasteiger partial charge in [0.25, 0.3) is 0 Å². The quantitative estimate of drug-likeness (QED) is 0.551. The first-order chi connectivity index (χ1) is 9.66. The van der Waals surface area contributed by atoms with Crippen molar-refractivity contribution >= 4 is 0 Å². The molecule has 0 saturated carbocycles. The summed E-state index contributed by atoms with van der Waals surface area (Å²) in [5.74, 6) is 0.342. The van der Waals surface area contributed by atoms with E-state index in [-0.39, 0.29) is 25.9 Å². The largest absolute Gasteiger partial charge is 0.322 e. The van der Waals surface area contributed by atoms with E-state index in [0.29, 0.717) is 11.4 Å². The molecule has 3 aromatic rings. The summed E-state index contributed by atoms with van der Waals surface area (Å²) < 4.78 is 14.9. The number of rotatable bonds is 2. The molecule has 2 aromatic carbocycles. The average molecular weight is 459 g/mol. The molecule has 0 atom stereocenters. The number of hydrogen-bond acceptors (Lipinski definition) is 2. The first-order valence-electron chi connectivity index (χ1n) is 6.31. The molecule has 109 valence electrons. The number of hydrogen-bond donors (Lipinski definition) is 0. The van der Waals surface area contributed by atoms with Crippen LogP contribution in [-0.4, -0.2) is 14.8 Å². The number of para-hydroxylation sites is 1. The minimum absolute atomic E-state index is 0. The monoisotopic (exact) mass is 459 g/mol. The fourth-order valence-electron chi connectivity index (χ4n) is 2.31. The van der Waals surface area contributed by atoms with Gasteiger partial charge in [-0.25, -0.2) is 0 Å². The summed E-state index contributed by atoms with van der Waals surface area (Å²) in [5.41, 5.74) is 4.03. The molecule has 21 heavy (non-hydrogen) atoms. The number of nitrogens with zero attached hydrogens (tertiary/aromatic N) is 3. The second-order valence-corrected chi connectivity index (χ2v) is 4.69. The van der Waals surface area contributed by atoms with Crippen molar-refractivity contribution in [3.05, 3.63) is 65.7 Å². The normalized spacial score (nSPS) is 10.2. The van der Waals surface area contributed by atoms with Gasteiger partial charge in [0.05, 0.1) is 5.82 Å². The Morgan fingerprint density at radius 2 is 1.81 bits per heavy atom. The Bertz CT molecular complexity index is 730. The van der Waals surface area contributed by atoms with Gasteiger partial charge in [0.1, 0.15) is 6.33 Å². The van der Waals surface area contributed by atoms with E-state index in [1.54, 1.807) is 12.4 Å². The molecule has 3 nitrogen and oxygen atoms in total. The summed E-state index contributed by atoms with van der Waals surface area (Å²) in [6.07, 6.45) is 1.67. The van der Waals surface area contributed by atoms with Crippen LogP contribution in [0.4, 0.5) is 4.39 Å². The Labute approximate surface area is 136 Å². The first kappa shape index (κ1) is 15.5. The van der Waals surface area contributed by atoms with Crippen molar-refractivity contribution in [2.24, 2.45) is 0 Å². The van der Waals surface area contributed by atoms with Gasteiger partial charge in [-0.15, -0.1) is 34.9 Å². The molecule has 0 fully saturated rings. The molecule has 1 heterocycles. The SMILES string of the molecule is Cc1cccc(C)c1-n1cnnc1-c1[c-]cc(F)cc1.[Ir]. The third-order valence-electron chi connectivity index (χ3n) is 3.24. The van der Waals surface area contributed by atoms with Crippen molar-refractivity contribution in [1.82, 2.24) is 14.8 Å². The molecule has 0 aliphatic heterocycles. The van der Waals surface area contributed by atoms with Gasteiger partial charge in [-0.1, -0.05) is 18.2 Å². The maximum Gasteiger partial charge on any atom is 0.114 e. The summed E-state index contributed by atoms with van der Waals surface area (Å²) in [4.78, 5) is 0. The van der Waals surface area contributed by atoms with Gasteiger partial charge < -0.3 is 4.57 Å². The molecule has 1 radical (unpaired) electrons. The fraction of sp³-hybridized carbons (Fsp3) is 0.125. The second kappa shape index (κ2) is 6.29. The number of aromatic nitrogens is 3. The van der Waals surface area contributed by atoms with Crippen LogP contribution in [0, 0.1) is 25.7 Å². The molecule has 0 spiro atoms. The topological polar surface area (TPSA) is 30.7 Å². The van der Waals surface area contributed by atoms with Crippen LogP contribution in [0.5, 0.6) is 0 Å². The van der Waals surface area contributed by atoms with E-state index in [1.165, 1.54) is 12.1 Å². The van der Waals surface area contributed by atoms with Crippen molar-refractivity contribution in [3.8, 4) is 17.1 Å². The molecule has 3 rings (SSSR count). The molecule has 0 saturated heterocycles. The molecule has 0 unspecified atom stereocenters. The van der Waals surface area contributed by atoms with E-state index < -0.39 is 0 Å². The summed E-state index contributed by atoms with van der Waals surface area (Å²) in [6, 6.07) is 13.3. The molecule has 0 aliphatic carbocycles. The van der Waals surface area contributed by atoms with Crippen LogP contribution < -0.4 is 0 Å². The van der Waals surface area contributed by atoms with Crippen molar-refractivity contribution in [1.29, 1.82) is 0 Å². The molecule has 1 aromatic heterocycles. The van der Waals surface area contributed by atoms with E-state index >= 15 is 0 Å². The van der Waals surface area contributed by atoms with Crippen molar-refractivity contribution < 1.29 is 24.5 Å². The van der Waals surface area contributed by atoms with E-state index in [2.05, 4.69) is 16.3 Å². The predicted octanol–water partition coefficient (Wildman–Crippen LogP) is 3.49. The van der Waals surface area contributed by atoms with Gasteiger partial charge in [-0.3, -0.25) is 4.39 Å². The van der Waals surface area contributed by atoms with Gasteiger partial charge in [0.15, 0.2) is 0 Å². The smallest absolute Gasteiger partial charge is 0.114 e. The summed E-state index contributed by atoms with van der Waals surface area (Å²) in [6.45, 7) is 4.08. The molecule has 5 heteroatoms. The third kappa shape index (κ3) is 2.94. The number of benzene rings is 2. The van der Waals surface area contributed by atoms with E-state index in [1.807, 2.05) is 36.6 Å². The Morgan fingerprint density at radius 1 is 1.10 bits per heavy atom. The van der Waals surface area contributed by atoms with Crippen molar-refractivity contribution in [2.45, 2.75) is 13.8 Å². The van der Waals surface area contributed by atoms with E-state index in [0.717, 1.165) is 16.8 Å². The van der Waals surface area contributed by atoms with E-state index in [9.17, 15) is 4.39 Å². The molecular formula is C16H13FIrN3-. The minimum Gasteiger partial charge on any atom is -0.322 e. The third-order valence-corrected chi connectivity index (χ3v) is 3.24. The molecule has 0 bridgehead atoms. The van der Waals surface area contributed by atoms with Crippen LogP contribution in [-0.2, 0) is 20.1 Å². The predicted molar refractivity (Wildman–Crippen MR) is 75.1 cm³/mol. The van der Waals surface area contributed by atoms with Crippen LogP contribution in [0.25, 0.3) is 17.1 Å². The van der Waals surface area contributed by atoms with Gasteiger partial charge in [-0.2, -0.15) is 5.10 Å². The van der Waals surface area contributed by atoms with Crippen LogP contribution in [0.1, 0.15) is 11.1 Å². The molecular weight excluding hydrogens is 445 g/mol. The second-order valence-electron chi connectivity index (χ2n) is 4.69. The van der Waals surface area contributed by atoms with E-state index in [4.69, 9.17) is 0 Å². The van der Waals surface area contributed by atoms with Crippen molar-refractivity contribution in [3.63, 3.8) is 0 Å². The zero-order chi connectivity index (χ0) is 14.1. The van der Waals surface area contributed by atoms with Crippen LogP contribution >= 0.6 is 0 Å². The zero-order valence-corrected chi connectivity index (χ0v) is 14.0. The standard InChI is InChI=1S/C16H13FN3.Ir/c1-11-4-3-5-12(2)15(11)20-10-18-19-16(20)13-6-8-14(17)9-7-13;/h3-6,8-10H,1-2H3;/q-1;. The zero-order valence-electron chi connectivity index (χ0n) is 11.6. The summed E-state index contributed by atoms with van der Waals surface area (Å²) >= 11 is 0. The number of aryl methyl sites for hydroxylation is 2. The first-order valence-corrected chi connectivity index (χ1v) is 6.31. The Balaban J connectivity index is 0.00000161. The fourth-order valence-corrected chi connectivity index (χ4v) is 2.31. The van der Waals surface area contributed by atoms with Gasteiger partial charge in [-0.05, 0) is 25.0 Å². The van der Waals surface area contributed by atoms with Crippen LogP contribution in [0.2, 0.25) is 0 Å². The molecule has 0 aliphatic rings. The Hall–Kier alpha value is -1.84. The van der Waals surface area contributed by atoms with Crippen LogP contribution in [0.15, 0.2) is 42.7 Å². The van der Waals surface area contributed by atoms with Gasteiger partial charge in [0.2, 0.25) is 0 Å². The maximum atomic E-state index is 13.0. The van der Waals surface area contributed by atoms with Gasteiger partial charge in [0, 0.05) is 31.6 Å². The summed E-state index contributed by atoms with van der Waals surface area (Å²) in [7, 11) is 0. The minimum atomic E-state index is -0.313. The summed E-state index contributed by atoms with van der Waals surface area (Å²) in [5, 5.41) is 8.11. The molecule has 0 amide bonds. The Morgan fingerprint density at radius 3 is 2.43 bits per heavy atom. The number of halogens is 1. The van der Waals surface area contributed by atoms with Crippen molar-refractivity contribution in [2.75, 3.05) is 0 Å². The molecule has 0 N–H and O–H groups in total. The average Bonchev–Trinajstić information content (AvgIpc) is 2.88. The van der Waals surface area contributed by atoms with Crippen LogP contribution in [0.3, 0.4) is 0 Å².